The van der Waals surface area contributed by atoms with Gasteiger partial charge in [-0.25, -0.2) is 4.98 Å². The summed E-state index contributed by atoms with van der Waals surface area (Å²) >= 11 is 2.64. The molecule has 1 aliphatic rings. The van der Waals surface area contributed by atoms with E-state index in [1.54, 1.807) is 6.92 Å². The summed E-state index contributed by atoms with van der Waals surface area (Å²) in [6, 6.07) is 9.58. The minimum atomic E-state index is -4.28. The molecule has 0 bridgehead atoms. The van der Waals surface area contributed by atoms with E-state index in [0.717, 1.165) is 11.1 Å². The summed E-state index contributed by atoms with van der Waals surface area (Å²) in [5, 5.41) is 1.90. The molecule has 5 nitrogen and oxygen atoms in total. The van der Waals surface area contributed by atoms with Crippen molar-refractivity contribution in [3.05, 3.63) is 51.9 Å². The number of thioether (sulfide) groups is 1. The molecular formula is C22H22F3N3O2S2. The molecule has 1 aliphatic heterocycles. The van der Waals surface area contributed by atoms with Gasteiger partial charge in [-0.2, -0.15) is 13.2 Å². The number of aromatic amines is 1. The minimum absolute atomic E-state index is 0.0613. The molecule has 2 atom stereocenters. The Balaban J connectivity index is 1.44. The third-order valence-corrected chi connectivity index (χ3v) is 7.61. The van der Waals surface area contributed by atoms with Crippen LogP contribution in [-0.2, 0) is 10.5 Å². The van der Waals surface area contributed by atoms with Gasteiger partial charge in [-0.3, -0.25) is 9.59 Å². The van der Waals surface area contributed by atoms with Gasteiger partial charge in [0.05, 0.1) is 22.3 Å². The van der Waals surface area contributed by atoms with Gasteiger partial charge >= 0.3 is 6.18 Å². The first-order valence-corrected chi connectivity index (χ1v) is 12.2. The lowest BCUT2D eigenvalue weighted by Gasteiger charge is -2.35. The summed E-state index contributed by atoms with van der Waals surface area (Å²) < 4.78 is 39.1. The lowest BCUT2D eigenvalue weighted by molar-refractivity contribution is -0.187. The Bertz CT molecular complexity index is 1160. The molecule has 32 heavy (non-hydrogen) atoms. The number of carbonyl (C=O) groups is 1. The number of hydrogen-bond donors (Lipinski definition) is 1. The average Bonchev–Trinajstić information content (AvgIpc) is 3.22. The number of fused-ring (bicyclic) bond motifs is 1. The Morgan fingerprint density at radius 3 is 2.81 bits per heavy atom. The average molecular weight is 482 g/mol. The van der Waals surface area contributed by atoms with E-state index in [2.05, 4.69) is 9.97 Å². The van der Waals surface area contributed by atoms with Crippen LogP contribution >= 0.6 is 23.1 Å². The van der Waals surface area contributed by atoms with Crippen LogP contribution in [0, 0.1) is 5.92 Å². The molecule has 2 unspecified atom stereocenters. The van der Waals surface area contributed by atoms with E-state index in [4.69, 9.17) is 0 Å². The van der Waals surface area contributed by atoms with Crippen LogP contribution in [-0.4, -0.2) is 45.3 Å². The molecular weight excluding hydrogens is 459 g/mol. The highest BCUT2D eigenvalue weighted by Gasteiger charge is 2.43. The fourth-order valence-corrected chi connectivity index (χ4v) is 5.67. The molecule has 0 saturated carbocycles. The predicted octanol–water partition coefficient (Wildman–Crippen LogP) is 5.07. The van der Waals surface area contributed by atoms with Crippen LogP contribution in [0.25, 0.3) is 21.3 Å². The van der Waals surface area contributed by atoms with Gasteiger partial charge in [0, 0.05) is 24.0 Å². The third kappa shape index (κ3) is 4.85. The second kappa shape index (κ2) is 9.27. The molecule has 1 N–H and O–H groups in total. The van der Waals surface area contributed by atoms with Gasteiger partial charge in [-0.15, -0.1) is 23.1 Å². The van der Waals surface area contributed by atoms with Gasteiger partial charge in [0.15, 0.2) is 0 Å². The van der Waals surface area contributed by atoms with Crippen molar-refractivity contribution in [1.82, 2.24) is 14.9 Å². The van der Waals surface area contributed by atoms with Crippen LogP contribution in [0.2, 0.25) is 0 Å². The first-order chi connectivity index (χ1) is 15.2. The first-order valence-electron chi connectivity index (χ1n) is 10.3. The number of thiophene rings is 1. The van der Waals surface area contributed by atoms with Gasteiger partial charge in [0.2, 0.25) is 5.91 Å². The zero-order valence-electron chi connectivity index (χ0n) is 17.3. The largest absolute Gasteiger partial charge is 0.393 e. The number of piperidine rings is 1. The Kier molecular flexibility index (Phi) is 6.62. The lowest BCUT2D eigenvalue weighted by atomic mass is 9.97. The van der Waals surface area contributed by atoms with E-state index in [0.29, 0.717) is 29.0 Å². The highest BCUT2D eigenvalue weighted by atomic mass is 32.2. The van der Waals surface area contributed by atoms with Crippen molar-refractivity contribution in [2.45, 2.75) is 36.9 Å². The SMILES string of the molecule is CC(SCc1nc2scc(-c3ccccc3)c2c(=O)[nH]1)C(=O)N1CCCC(C(F)(F)F)C1. The zero-order chi connectivity index (χ0) is 22.9. The second-order valence-electron chi connectivity index (χ2n) is 7.83. The zero-order valence-corrected chi connectivity index (χ0v) is 18.9. The van der Waals surface area contributed by atoms with Crippen LogP contribution in [0.15, 0.2) is 40.5 Å². The molecule has 0 spiro atoms. The van der Waals surface area contributed by atoms with Gasteiger partial charge in [-0.1, -0.05) is 30.3 Å². The molecule has 3 aromatic rings. The number of amides is 1. The van der Waals surface area contributed by atoms with Crippen LogP contribution in [0.4, 0.5) is 13.2 Å². The molecule has 1 saturated heterocycles. The number of alkyl halides is 3. The van der Waals surface area contributed by atoms with Crippen molar-refractivity contribution < 1.29 is 18.0 Å². The molecule has 1 amide bonds. The van der Waals surface area contributed by atoms with E-state index in [9.17, 15) is 22.8 Å². The minimum Gasteiger partial charge on any atom is -0.341 e. The predicted molar refractivity (Wildman–Crippen MR) is 122 cm³/mol. The Labute approximate surface area is 191 Å². The van der Waals surface area contributed by atoms with Crippen LogP contribution in [0.1, 0.15) is 25.6 Å². The number of H-pyrrole nitrogens is 1. The van der Waals surface area contributed by atoms with E-state index >= 15 is 0 Å². The quantitative estimate of drug-likeness (QED) is 0.552. The number of aromatic nitrogens is 2. The molecule has 0 radical (unpaired) electrons. The number of nitrogens with one attached hydrogen (secondary N) is 1. The number of benzene rings is 1. The number of carbonyl (C=O) groups excluding carboxylic acids is 1. The Morgan fingerprint density at radius 1 is 1.34 bits per heavy atom. The fourth-order valence-electron chi connectivity index (χ4n) is 3.87. The number of hydrogen-bond acceptors (Lipinski definition) is 5. The normalized spacial score (nSPS) is 18.1. The van der Waals surface area contributed by atoms with Crippen LogP contribution in [0.5, 0.6) is 0 Å². The van der Waals surface area contributed by atoms with Crippen molar-refractivity contribution in [3.63, 3.8) is 0 Å². The Morgan fingerprint density at radius 2 is 2.09 bits per heavy atom. The van der Waals surface area contributed by atoms with Crippen molar-refractivity contribution >= 4 is 39.2 Å². The van der Waals surface area contributed by atoms with Gasteiger partial charge in [0.1, 0.15) is 10.7 Å². The maximum Gasteiger partial charge on any atom is 0.393 e. The molecule has 1 aromatic carbocycles. The Hall–Kier alpha value is -2.33. The monoisotopic (exact) mass is 481 g/mol. The number of rotatable bonds is 5. The van der Waals surface area contributed by atoms with Crippen molar-refractivity contribution in [1.29, 1.82) is 0 Å². The summed E-state index contributed by atoms with van der Waals surface area (Å²) in [6.45, 7) is 1.74. The molecule has 1 fully saturated rings. The van der Waals surface area contributed by atoms with Crippen LogP contribution < -0.4 is 5.56 Å². The van der Waals surface area contributed by atoms with Gasteiger partial charge in [-0.05, 0) is 25.3 Å². The standard InChI is InChI=1S/C22H22F3N3O2S2/c1-13(21(30)28-9-5-8-15(10-28)22(23,24)25)31-12-17-26-19(29)18-16(11-32-20(18)27-17)14-6-3-2-4-7-14/h2-4,6-7,11,13,15H,5,8-10,12H2,1H3,(H,26,27,29). The van der Waals surface area contributed by atoms with Gasteiger partial charge in [0.25, 0.3) is 5.56 Å². The van der Waals surface area contributed by atoms with Gasteiger partial charge < -0.3 is 9.88 Å². The summed E-state index contributed by atoms with van der Waals surface area (Å²) in [4.78, 5) is 34.7. The van der Waals surface area contributed by atoms with Crippen molar-refractivity contribution in [2.24, 2.45) is 5.92 Å². The molecule has 10 heteroatoms. The molecule has 3 heterocycles. The topological polar surface area (TPSA) is 66.1 Å². The van der Waals surface area contributed by atoms with E-state index in [-0.39, 0.29) is 30.2 Å². The number of likely N-dealkylation sites (tertiary alicyclic amines) is 1. The maximum absolute atomic E-state index is 13.0. The summed E-state index contributed by atoms with van der Waals surface area (Å²) in [5.41, 5.74) is 1.52. The van der Waals surface area contributed by atoms with E-state index in [1.807, 2.05) is 35.7 Å². The highest BCUT2D eigenvalue weighted by Crippen LogP contribution is 2.34. The smallest absolute Gasteiger partial charge is 0.341 e. The maximum atomic E-state index is 13.0. The van der Waals surface area contributed by atoms with E-state index in [1.165, 1.54) is 28.0 Å². The second-order valence-corrected chi connectivity index (χ2v) is 10.0. The number of nitrogens with zero attached hydrogens (tertiary/aromatic N) is 2. The fraction of sp³-hybridized carbons (Fsp3) is 0.409. The summed E-state index contributed by atoms with van der Waals surface area (Å²) in [7, 11) is 0. The molecule has 170 valence electrons. The first kappa shape index (κ1) is 22.8. The van der Waals surface area contributed by atoms with E-state index < -0.39 is 17.3 Å². The van der Waals surface area contributed by atoms with Crippen molar-refractivity contribution in [3.8, 4) is 11.1 Å². The summed E-state index contributed by atoms with van der Waals surface area (Å²) in [6.07, 6.45) is -3.87. The summed E-state index contributed by atoms with van der Waals surface area (Å²) in [5.74, 6) is -1.04. The number of halogens is 3. The highest BCUT2D eigenvalue weighted by molar-refractivity contribution is 7.99. The lowest BCUT2D eigenvalue weighted by Crippen LogP contribution is -2.47. The molecule has 4 rings (SSSR count). The molecule has 2 aromatic heterocycles. The van der Waals surface area contributed by atoms with Crippen LogP contribution in [0.3, 0.4) is 0 Å². The third-order valence-electron chi connectivity index (χ3n) is 5.59. The van der Waals surface area contributed by atoms with Crippen molar-refractivity contribution in [2.75, 3.05) is 13.1 Å². The molecule has 0 aliphatic carbocycles.